The number of piperazine rings is 1. The Hall–Kier alpha value is -2.57. The Bertz CT molecular complexity index is 789. The third kappa shape index (κ3) is 4.59. The normalized spacial score (nSPS) is 15.6. The zero-order valence-corrected chi connectivity index (χ0v) is 16.5. The molecular formula is C20H30N6O. The minimum absolute atomic E-state index is 0.0594. The molecule has 0 aliphatic carbocycles. The summed E-state index contributed by atoms with van der Waals surface area (Å²) >= 11 is 0. The number of aromatic nitrogens is 2. The van der Waals surface area contributed by atoms with Crippen molar-refractivity contribution in [1.29, 1.82) is 0 Å². The fourth-order valence-corrected chi connectivity index (χ4v) is 3.43. The van der Waals surface area contributed by atoms with Gasteiger partial charge in [-0.3, -0.25) is 9.79 Å². The predicted molar refractivity (Wildman–Crippen MR) is 109 cm³/mol. The topological polar surface area (TPSA) is 76.6 Å². The van der Waals surface area contributed by atoms with Gasteiger partial charge in [-0.25, -0.2) is 4.98 Å². The van der Waals surface area contributed by atoms with Crippen LogP contribution in [-0.4, -0.2) is 70.9 Å². The Morgan fingerprint density at radius 2 is 2.04 bits per heavy atom. The number of fused-ring (bicyclic) bond motifs is 1. The van der Waals surface area contributed by atoms with Gasteiger partial charge in [0.05, 0.1) is 0 Å². The molecule has 146 valence electrons. The van der Waals surface area contributed by atoms with Crippen molar-refractivity contribution in [2.24, 2.45) is 10.9 Å². The van der Waals surface area contributed by atoms with Crippen LogP contribution in [0.15, 0.2) is 29.5 Å². The third-order valence-electron chi connectivity index (χ3n) is 4.90. The Balaban J connectivity index is 1.59. The molecular weight excluding hydrogens is 340 g/mol. The molecule has 3 rings (SSSR count). The van der Waals surface area contributed by atoms with Crippen LogP contribution >= 0.6 is 0 Å². The Morgan fingerprint density at radius 1 is 1.30 bits per heavy atom. The summed E-state index contributed by atoms with van der Waals surface area (Å²) in [6, 6.07) is 4.05. The predicted octanol–water partition coefficient (Wildman–Crippen LogP) is 1.87. The van der Waals surface area contributed by atoms with Crippen molar-refractivity contribution in [2.75, 3.05) is 39.3 Å². The van der Waals surface area contributed by atoms with Gasteiger partial charge in [0.2, 0.25) is 5.91 Å². The highest BCUT2D eigenvalue weighted by Gasteiger charge is 2.24. The lowest BCUT2D eigenvalue weighted by atomic mass is 10.1. The van der Waals surface area contributed by atoms with Crippen LogP contribution in [0.5, 0.6) is 0 Å². The maximum Gasteiger partial charge on any atom is 0.225 e. The molecule has 0 atom stereocenters. The van der Waals surface area contributed by atoms with Crippen LogP contribution in [0.2, 0.25) is 0 Å². The van der Waals surface area contributed by atoms with E-state index in [1.807, 2.05) is 31.0 Å². The van der Waals surface area contributed by atoms with E-state index in [2.05, 4.69) is 33.2 Å². The summed E-state index contributed by atoms with van der Waals surface area (Å²) in [5, 5.41) is 4.55. The molecule has 1 aliphatic rings. The summed E-state index contributed by atoms with van der Waals surface area (Å²) < 4.78 is 0. The Morgan fingerprint density at radius 3 is 2.74 bits per heavy atom. The molecule has 7 nitrogen and oxygen atoms in total. The molecule has 0 radical (unpaired) electrons. The number of hydrogen-bond acceptors (Lipinski definition) is 3. The van der Waals surface area contributed by atoms with Crippen molar-refractivity contribution >= 4 is 22.9 Å². The standard InChI is InChI=1S/C20H30N6O/c1-4-21-20(26-12-10-25(11-13-26)19(27)15(2)3)23-9-7-16-14-24-18-17(16)6-5-8-22-18/h5-6,8,14-15H,4,7,9-13H2,1-3H3,(H,21,23)(H,22,24). The fourth-order valence-electron chi connectivity index (χ4n) is 3.43. The molecule has 0 saturated carbocycles. The number of amides is 1. The number of guanidine groups is 1. The van der Waals surface area contributed by atoms with Crippen LogP contribution in [0.4, 0.5) is 0 Å². The first-order valence-electron chi connectivity index (χ1n) is 9.83. The highest BCUT2D eigenvalue weighted by molar-refractivity contribution is 5.82. The summed E-state index contributed by atoms with van der Waals surface area (Å²) in [5.41, 5.74) is 2.17. The summed E-state index contributed by atoms with van der Waals surface area (Å²) in [5.74, 6) is 1.24. The van der Waals surface area contributed by atoms with Gasteiger partial charge >= 0.3 is 0 Å². The van der Waals surface area contributed by atoms with Crippen LogP contribution in [0.3, 0.4) is 0 Å². The molecule has 2 N–H and O–H groups in total. The molecule has 1 fully saturated rings. The number of pyridine rings is 1. The summed E-state index contributed by atoms with van der Waals surface area (Å²) in [7, 11) is 0. The van der Waals surface area contributed by atoms with Gasteiger partial charge in [0.15, 0.2) is 5.96 Å². The molecule has 1 aliphatic heterocycles. The second-order valence-electron chi connectivity index (χ2n) is 7.17. The zero-order valence-electron chi connectivity index (χ0n) is 16.5. The average molecular weight is 371 g/mol. The van der Waals surface area contributed by atoms with Crippen LogP contribution in [0.25, 0.3) is 11.0 Å². The van der Waals surface area contributed by atoms with E-state index in [1.165, 1.54) is 10.9 Å². The van der Waals surface area contributed by atoms with Gasteiger partial charge in [-0.2, -0.15) is 0 Å². The first-order valence-corrected chi connectivity index (χ1v) is 9.83. The van der Waals surface area contributed by atoms with Crippen molar-refractivity contribution < 1.29 is 4.79 Å². The van der Waals surface area contributed by atoms with E-state index in [1.54, 1.807) is 6.20 Å². The smallest absolute Gasteiger partial charge is 0.225 e. The van der Waals surface area contributed by atoms with Gasteiger partial charge < -0.3 is 20.1 Å². The van der Waals surface area contributed by atoms with Crippen molar-refractivity contribution in [3.05, 3.63) is 30.1 Å². The number of aliphatic imine (C=N–C) groups is 1. The number of carbonyl (C=O) groups excluding carboxylic acids is 1. The van der Waals surface area contributed by atoms with Crippen molar-refractivity contribution in [3.8, 4) is 0 Å². The molecule has 0 bridgehead atoms. The molecule has 0 aromatic carbocycles. The Labute approximate surface area is 160 Å². The number of aromatic amines is 1. The van der Waals surface area contributed by atoms with E-state index in [0.29, 0.717) is 0 Å². The number of H-pyrrole nitrogens is 1. The molecule has 0 spiro atoms. The van der Waals surface area contributed by atoms with Gasteiger partial charge in [0, 0.05) is 63.0 Å². The molecule has 2 aromatic heterocycles. The average Bonchev–Trinajstić information content (AvgIpc) is 3.10. The second kappa shape index (κ2) is 8.88. The molecule has 1 amide bonds. The fraction of sp³-hybridized carbons (Fsp3) is 0.550. The van der Waals surface area contributed by atoms with Gasteiger partial charge in [0.1, 0.15) is 5.65 Å². The molecule has 1 saturated heterocycles. The van der Waals surface area contributed by atoms with Crippen molar-refractivity contribution in [2.45, 2.75) is 27.2 Å². The zero-order chi connectivity index (χ0) is 19.2. The number of rotatable bonds is 5. The number of nitrogens with zero attached hydrogens (tertiary/aromatic N) is 4. The van der Waals surface area contributed by atoms with Gasteiger partial charge in [-0.1, -0.05) is 13.8 Å². The summed E-state index contributed by atoms with van der Waals surface area (Å²) in [4.78, 5) is 28.8. The van der Waals surface area contributed by atoms with Gasteiger partial charge in [-0.05, 0) is 31.0 Å². The maximum atomic E-state index is 12.2. The number of nitrogens with one attached hydrogen (secondary N) is 2. The van der Waals surface area contributed by atoms with Crippen LogP contribution < -0.4 is 5.32 Å². The molecule has 2 aromatic rings. The SMILES string of the molecule is CCNC(=NCCc1c[nH]c2ncccc12)N1CCN(C(=O)C(C)C)CC1. The van der Waals surface area contributed by atoms with E-state index in [-0.39, 0.29) is 11.8 Å². The maximum absolute atomic E-state index is 12.2. The Kier molecular flexibility index (Phi) is 6.32. The second-order valence-corrected chi connectivity index (χ2v) is 7.17. The summed E-state index contributed by atoms with van der Waals surface area (Å²) in [6.07, 6.45) is 4.69. The lowest BCUT2D eigenvalue weighted by Crippen LogP contribution is -2.54. The van der Waals surface area contributed by atoms with E-state index in [4.69, 9.17) is 4.99 Å². The quantitative estimate of drug-likeness (QED) is 0.622. The van der Waals surface area contributed by atoms with Crippen LogP contribution in [0, 0.1) is 5.92 Å². The highest BCUT2D eigenvalue weighted by atomic mass is 16.2. The van der Waals surface area contributed by atoms with Gasteiger partial charge in [0.25, 0.3) is 0 Å². The first-order chi connectivity index (χ1) is 13.1. The monoisotopic (exact) mass is 370 g/mol. The molecule has 0 unspecified atom stereocenters. The minimum Gasteiger partial charge on any atom is -0.357 e. The van der Waals surface area contributed by atoms with E-state index in [0.717, 1.165) is 57.3 Å². The number of hydrogen-bond donors (Lipinski definition) is 2. The van der Waals surface area contributed by atoms with E-state index < -0.39 is 0 Å². The largest absolute Gasteiger partial charge is 0.357 e. The van der Waals surface area contributed by atoms with Crippen molar-refractivity contribution in [3.63, 3.8) is 0 Å². The van der Waals surface area contributed by atoms with E-state index >= 15 is 0 Å². The lowest BCUT2D eigenvalue weighted by Gasteiger charge is -2.37. The minimum atomic E-state index is 0.0594. The molecule has 27 heavy (non-hydrogen) atoms. The van der Waals surface area contributed by atoms with E-state index in [9.17, 15) is 4.79 Å². The van der Waals surface area contributed by atoms with Crippen molar-refractivity contribution in [1.82, 2.24) is 25.1 Å². The van der Waals surface area contributed by atoms with Crippen LogP contribution in [-0.2, 0) is 11.2 Å². The van der Waals surface area contributed by atoms with Crippen LogP contribution in [0.1, 0.15) is 26.3 Å². The molecule has 7 heteroatoms. The first kappa shape index (κ1) is 19.2. The third-order valence-corrected chi connectivity index (χ3v) is 4.90. The number of carbonyl (C=O) groups is 1. The van der Waals surface area contributed by atoms with Gasteiger partial charge in [-0.15, -0.1) is 0 Å². The lowest BCUT2D eigenvalue weighted by molar-refractivity contribution is -0.135. The highest BCUT2D eigenvalue weighted by Crippen LogP contribution is 2.16. The molecule has 3 heterocycles. The summed E-state index contributed by atoms with van der Waals surface area (Å²) in [6.45, 7) is 10.7.